The molecule has 1 aromatic rings. The lowest BCUT2D eigenvalue weighted by atomic mass is 9.95. The van der Waals surface area contributed by atoms with E-state index in [4.69, 9.17) is 11.6 Å². The third-order valence-corrected chi connectivity index (χ3v) is 2.60. The first-order chi connectivity index (χ1) is 7.03. The SMILES string of the molecule is CC(C)(Cc1ccc(F)cc1)[NH2+]CCCl.[Cl-]. The van der Waals surface area contributed by atoms with Gasteiger partial charge in [-0.1, -0.05) is 12.1 Å². The molecule has 4 heteroatoms. The normalized spacial score (nSPS) is 11.0. The highest BCUT2D eigenvalue weighted by Gasteiger charge is 2.20. The van der Waals surface area contributed by atoms with Gasteiger partial charge >= 0.3 is 0 Å². The Hall–Kier alpha value is -0.310. The molecule has 0 amide bonds. The second-order valence-corrected chi connectivity index (χ2v) is 4.85. The first-order valence-corrected chi connectivity index (χ1v) is 5.72. The zero-order valence-electron chi connectivity index (χ0n) is 9.64. The highest BCUT2D eigenvalue weighted by molar-refractivity contribution is 6.17. The van der Waals surface area contributed by atoms with Crippen LogP contribution in [0.3, 0.4) is 0 Å². The van der Waals surface area contributed by atoms with Gasteiger partial charge in [0.2, 0.25) is 0 Å². The molecule has 0 saturated carbocycles. The van der Waals surface area contributed by atoms with E-state index in [2.05, 4.69) is 19.2 Å². The van der Waals surface area contributed by atoms with Crippen molar-refractivity contribution in [3.05, 3.63) is 35.6 Å². The summed E-state index contributed by atoms with van der Waals surface area (Å²) in [5, 5.41) is 2.23. The Morgan fingerprint density at radius 2 is 1.81 bits per heavy atom. The molecular weight excluding hydrogens is 248 g/mol. The largest absolute Gasteiger partial charge is 1.00 e. The number of alkyl halides is 1. The summed E-state index contributed by atoms with van der Waals surface area (Å²) in [6, 6.07) is 6.69. The number of halogens is 3. The van der Waals surface area contributed by atoms with Gasteiger partial charge in [-0.15, -0.1) is 11.6 Å². The van der Waals surface area contributed by atoms with Crippen LogP contribution in [0.1, 0.15) is 19.4 Å². The summed E-state index contributed by atoms with van der Waals surface area (Å²) >= 11 is 5.65. The van der Waals surface area contributed by atoms with Crippen molar-refractivity contribution in [1.29, 1.82) is 0 Å². The number of benzene rings is 1. The molecule has 92 valence electrons. The van der Waals surface area contributed by atoms with Gasteiger partial charge < -0.3 is 17.7 Å². The molecule has 2 N–H and O–H groups in total. The minimum Gasteiger partial charge on any atom is -1.00 e. The van der Waals surface area contributed by atoms with E-state index in [9.17, 15) is 4.39 Å². The van der Waals surface area contributed by atoms with Crippen LogP contribution in [0, 0.1) is 5.82 Å². The van der Waals surface area contributed by atoms with E-state index >= 15 is 0 Å². The molecular formula is C12H18Cl2FN. The molecule has 0 atom stereocenters. The topological polar surface area (TPSA) is 16.6 Å². The summed E-state index contributed by atoms with van der Waals surface area (Å²) < 4.78 is 12.7. The Morgan fingerprint density at radius 1 is 1.25 bits per heavy atom. The van der Waals surface area contributed by atoms with Gasteiger partial charge in [0.05, 0.1) is 18.0 Å². The molecule has 1 aromatic carbocycles. The summed E-state index contributed by atoms with van der Waals surface area (Å²) in [4.78, 5) is 0. The van der Waals surface area contributed by atoms with Crippen molar-refractivity contribution in [3.8, 4) is 0 Å². The fourth-order valence-electron chi connectivity index (χ4n) is 1.65. The van der Waals surface area contributed by atoms with E-state index < -0.39 is 0 Å². The first kappa shape index (κ1) is 15.7. The van der Waals surface area contributed by atoms with Gasteiger partial charge in [0.1, 0.15) is 5.82 Å². The minimum absolute atomic E-state index is 0. The highest BCUT2D eigenvalue weighted by Crippen LogP contribution is 2.09. The first-order valence-electron chi connectivity index (χ1n) is 5.18. The number of quaternary nitrogens is 1. The predicted molar refractivity (Wildman–Crippen MR) is 61.7 cm³/mol. The lowest BCUT2D eigenvalue weighted by molar-refractivity contribution is -0.717. The molecule has 0 aromatic heterocycles. The number of hydrogen-bond donors (Lipinski definition) is 1. The molecule has 0 aliphatic rings. The van der Waals surface area contributed by atoms with Crippen LogP contribution in [0.4, 0.5) is 4.39 Å². The molecule has 0 saturated heterocycles. The van der Waals surface area contributed by atoms with Crippen LogP contribution in [0.15, 0.2) is 24.3 Å². The Balaban J connectivity index is 0.00000225. The van der Waals surface area contributed by atoms with Crippen LogP contribution >= 0.6 is 11.6 Å². The smallest absolute Gasteiger partial charge is 0.123 e. The van der Waals surface area contributed by atoms with E-state index in [0.29, 0.717) is 5.88 Å². The van der Waals surface area contributed by atoms with Crippen molar-refractivity contribution in [2.24, 2.45) is 0 Å². The van der Waals surface area contributed by atoms with Gasteiger partial charge in [0, 0.05) is 6.42 Å². The monoisotopic (exact) mass is 265 g/mol. The zero-order valence-corrected chi connectivity index (χ0v) is 11.2. The maximum Gasteiger partial charge on any atom is 0.123 e. The van der Waals surface area contributed by atoms with Crippen molar-refractivity contribution >= 4 is 11.6 Å². The van der Waals surface area contributed by atoms with Gasteiger partial charge in [-0.2, -0.15) is 0 Å². The number of rotatable bonds is 5. The molecule has 0 radical (unpaired) electrons. The van der Waals surface area contributed by atoms with Crippen molar-refractivity contribution in [2.45, 2.75) is 25.8 Å². The second-order valence-electron chi connectivity index (χ2n) is 4.47. The van der Waals surface area contributed by atoms with Gasteiger partial charge in [-0.3, -0.25) is 0 Å². The average molecular weight is 266 g/mol. The molecule has 0 unspecified atom stereocenters. The van der Waals surface area contributed by atoms with Crippen LogP contribution in [-0.2, 0) is 6.42 Å². The number of hydrogen-bond acceptors (Lipinski definition) is 0. The summed E-state index contributed by atoms with van der Waals surface area (Å²) in [6.07, 6.45) is 0.921. The Bertz CT molecular complexity index is 298. The van der Waals surface area contributed by atoms with E-state index in [1.54, 1.807) is 0 Å². The second kappa shape index (κ2) is 7.10. The molecule has 0 heterocycles. The summed E-state index contributed by atoms with van der Waals surface area (Å²) in [5.74, 6) is 0.480. The van der Waals surface area contributed by atoms with Gasteiger partial charge in [-0.25, -0.2) is 4.39 Å². The van der Waals surface area contributed by atoms with E-state index in [-0.39, 0.29) is 23.8 Å². The van der Waals surface area contributed by atoms with E-state index in [1.165, 1.54) is 12.1 Å². The van der Waals surface area contributed by atoms with E-state index in [0.717, 1.165) is 18.5 Å². The fraction of sp³-hybridized carbons (Fsp3) is 0.500. The standard InChI is InChI=1S/C12H17ClFN.ClH/c1-12(2,15-8-7-13)9-10-3-5-11(14)6-4-10;/h3-6,15H,7-9H2,1-2H3;1H. The van der Waals surface area contributed by atoms with Crippen LogP contribution in [-0.4, -0.2) is 18.0 Å². The lowest BCUT2D eigenvalue weighted by Crippen LogP contribution is -3.00. The molecule has 0 aliphatic heterocycles. The third kappa shape index (κ3) is 5.69. The fourth-order valence-corrected chi connectivity index (χ4v) is 1.75. The Labute approximate surface area is 108 Å². The average Bonchev–Trinajstić information content (AvgIpc) is 2.18. The summed E-state index contributed by atoms with van der Waals surface area (Å²) in [6.45, 7) is 5.25. The maximum absolute atomic E-state index is 12.7. The Morgan fingerprint density at radius 3 is 2.31 bits per heavy atom. The molecule has 0 fully saturated rings. The van der Waals surface area contributed by atoms with E-state index in [1.807, 2.05) is 12.1 Å². The van der Waals surface area contributed by atoms with Gasteiger partial charge in [-0.05, 0) is 31.5 Å². The third-order valence-electron chi connectivity index (χ3n) is 2.38. The molecule has 1 nitrogen and oxygen atoms in total. The van der Waals surface area contributed by atoms with Crippen LogP contribution < -0.4 is 17.7 Å². The summed E-state index contributed by atoms with van der Waals surface area (Å²) in [5.41, 5.74) is 1.28. The van der Waals surface area contributed by atoms with Crippen molar-refractivity contribution in [1.82, 2.24) is 0 Å². The Kier molecular flexibility index (Phi) is 6.96. The zero-order chi connectivity index (χ0) is 11.3. The maximum atomic E-state index is 12.7. The summed E-state index contributed by atoms with van der Waals surface area (Å²) in [7, 11) is 0. The van der Waals surface area contributed by atoms with Crippen molar-refractivity contribution < 1.29 is 22.1 Å². The van der Waals surface area contributed by atoms with Crippen LogP contribution in [0.2, 0.25) is 0 Å². The molecule has 16 heavy (non-hydrogen) atoms. The van der Waals surface area contributed by atoms with Crippen LogP contribution in [0.5, 0.6) is 0 Å². The predicted octanol–water partition coefficient (Wildman–Crippen LogP) is -1.05. The quantitative estimate of drug-likeness (QED) is 0.655. The van der Waals surface area contributed by atoms with Gasteiger partial charge in [0.15, 0.2) is 0 Å². The highest BCUT2D eigenvalue weighted by atomic mass is 35.5. The molecule has 0 bridgehead atoms. The molecule has 1 rings (SSSR count). The van der Waals surface area contributed by atoms with Crippen LogP contribution in [0.25, 0.3) is 0 Å². The molecule has 0 spiro atoms. The lowest BCUT2D eigenvalue weighted by Gasteiger charge is -2.22. The van der Waals surface area contributed by atoms with Crippen molar-refractivity contribution in [3.63, 3.8) is 0 Å². The van der Waals surface area contributed by atoms with Crippen molar-refractivity contribution in [2.75, 3.05) is 12.4 Å². The molecule has 0 aliphatic carbocycles. The van der Waals surface area contributed by atoms with Gasteiger partial charge in [0.25, 0.3) is 0 Å². The number of nitrogens with two attached hydrogens (primary N) is 1. The minimum atomic E-state index is -0.179.